The normalized spacial score (nSPS) is 10.7. The van der Waals surface area contributed by atoms with Crippen molar-refractivity contribution in [3.8, 4) is 5.69 Å². The van der Waals surface area contributed by atoms with Crippen molar-refractivity contribution in [2.75, 3.05) is 0 Å². The number of aromatic nitrogens is 2. The van der Waals surface area contributed by atoms with Gasteiger partial charge >= 0.3 is 0 Å². The smallest absolute Gasteiger partial charge is 0.258 e. The highest BCUT2D eigenvalue weighted by molar-refractivity contribution is 9.08. The second kappa shape index (κ2) is 5.13. The van der Waals surface area contributed by atoms with Crippen LogP contribution >= 0.6 is 15.9 Å². The molecule has 1 heterocycles. The first-order valence-corrected chi connectivity index (χ1v) is 6.94. The van der Waals surface area contributed by atoms with Gasteiger partial charge in [0.15, 0.2) is 0 Å². The fourth-order valence-electron chi connectivity index (χ4n) is 1.93. The highest BCUT2D eigenvalue weighted by Crippen LogP contribution is 2.27. The Morgan fingerprint density at radius 2 is 2.05 bits per heavy atom. The van der Waals surface area contributed by atoms with Crippen LogP contribution < -0.4 is 0 Å². The molecule has 0 N–H and O–H groups in total. The second-order valence-corrected chi connectivity index (χ2v) is 4.98. The summed E-state index contributed by atoms with van der Waals surface area (Å²) in [5.74, 6) is 0. The number of halogens is 1. The highest BCUT2D eigenvalue weighted by atomic mass is 79.9. The third-order valence-electron chi connectivity index (χ3n) is 3.27. The maximum atomic E-state index is 11.2. The van der Waals surface area contributed by atoms with Crippen molar-refractivity contribution in [2.24, 2.45) is 0 Å². The van der Waals surface area contributed by atoms with E-state index in [1.807, 2.05) is 26.8 Å². The summed E-state index contributed by atoms with van der Waals surface area (Å²) < 4.78 is 1.64. The van der Waals surface area contributed by atoms with Gasteiger partial charge in [-0.25, -0.2) is 4.68 Å². The molecule has 0 amide bonds. The van der Waals surface area contributed by atoms with Gasteiger partial charge in [-0.05, 0) is 38.0 Å². The monoisotopic (exact) mass is 323 g/mol. The molecular formula is C13H14BrN3O2. The molecule has 0 saturated heterocycles. The Morgan fingerprint density at radius 3 is 2.53 bits per heavy atom. The van der Waals surface area contributed by atoms with Gasteiger partial charge in [0.2, 0.25) is 0 Å². The van der Waals surface area contributed by atoms with Crippen LogP contribution in [0, 0.1) is 30.9 Å². The van der Waals surface area contributed by atoms with Crippen LogP contribution in [0.4, 0.5) is 5.69 Å². The van der Waals surface area contributed by atoms with E-state index in [0.29, 0.717) is 11.0 Å². The molecule has 1 aromatic carbocycles. The van der Waals surface area contributed by atoms with Crippen molar-refractivity contribution in [2.45, 2.75) is 26.1 Å². The first-order valence-electron chi connectivity index (χ1n) is 5.82. The maximum Gasteiger partial charge on any atom is 0.295 e. The zero-order valence-electron chi connectivity index (χ0n) is 11.0. The predicted molar refractivity (Wildman–Crippen MR) is 77.1 cm³/mol. The Labute approximate surface area is 119 Å². The molecule has 0 fully saturated rings. The molecule has 2 rings (SSSR count). The van der Waals surface area contributed by atoms with Crippen molar-refractivity contribution < 1.29 is 4.92 Å². The molecule has 0 saturated carbocycles. The highest BCUT2D eigenvalue weighted by Gasteiger charge is 2.19. The Kier molecular flexibility index (Phi) is 3.71. The molecule has 0 aliphatic heterocycles. The number of hydrogen-bond donors (Lipinski definition) is 0. The van der Waals surface area contributed by atoms with Crippen LogP contribution in [0.2, 0.25) is 0 Å². The molecule has 1 aromatic heterocycles. The van der Waals surface area contributed by atoms with Crippen LogP contribution in [0.15, 0.2) is 18.2 Å². The predicted octanol–water partition coefficient (Wildman–Crippen LogP) is 3.60. The van der Waals surface area contributed by atoms with Crippen molar-refractivity contribution >= 4 is 21.6 Å². The topological polar surface area (TPSA) is 61.0 Å². The summed E-state index contributed by atoms with van der Waals surface area (Å²) in [4.78, 5) is 10.8. The van der Waals surface area contributed by atoms with Crippen LogP contribution in [0.3, 0.4) is 0 Å². The summed E-state index contributed by atoms with van der Waals surface area (Å²) in [5.41, 5.74) is 4.31. The minimum absolute atomic E-state index is 0.0718. The molecule has 100 valence electrons. The zero-order valence-corrected chi connectivity index (χ0v) is 12.6. The maximum absolute atomic E-state index is 11.2. The molecule has 0 spiro atoms. The molecule has 2 aromatic rings. The number of nitro groups is 1. The zero-order chi connectivity index (χ0) is 14.2. The van der Waals surface area contributed by atoms with Crippen molar-refractivity contribution in [3.05, 3.63) is 50.8 Å². The van der Waals surface area contributed by atoms with Gasteiger partial charge in [-0.2, -0.15) is 5.10 Å². The lowest BCUT2D eigenvalue weighted by atomic mass is 10.2. The molecule has 0 radical (unpaired) electrons. The summed E-state index contributed by atoms with van der Waals surface area (Å²) in [6.07, 6.45) is 0. The van der Waals surface area contributed by atoms with Crippen LogP contribution in [0.5, 0.6) is 0 Å². The van der Waals surface area contributed by atoms with E-state index in [1.54, 1.807) is 16.8 Å². The number of hydrogen-bond acceptors (Lipinski definition) is 3. The number of rotatable bonds is 3. The SMILES string of the molecule is Cc1nn(-c2ccc(CBr)cc2[N+](=O)[O-])c(C)c1C. The molecule has 5 nitrogen and oxygen atoms in total. The second-order valence-electron chi connectivity index (χ2n) is 4.42. The first-order chi connectivity index (χ1) is 8.95. The van der Waals surface area contributed by atoms with Gasteiger partial charge in [0, 0.05) is 17.1 Å². The van der Waals surface area contributed by atoms with Crippen molar-refractivity contribution in [1.29, 1.82) is 0 Å². The van der Waals surface area contributed by atoms with E-state index in [9.17, 15) is 10.1 Å². The van der Waals surface area contributed by atoms with E-state index < -0.39 is 0 Å². The van der Waals surface area contributed by atoms with Gasteiger partial charge in [0.25, 0.3) is 5.69 Å². The van der Waals surface area contributed by atoms with Gasteiger partial charge in [0.1, 0.15) is 5.69 Å². The molecular weight excluding hydrogens is 310 g/mol. The Morgan fingerprint density at radius 1 is 1.37 bits per heavy atom. The van der Waals surface area contributed by atoms with Crippen LogP contribution in [0.25, 0.3) is 5.69 Å². The Balaban J connectivity index is 2.67. The summed E-state index contributed by atoms with van der Waals surface area (Å²) in [7, 11) is 0. The number of alkyl halides is 1. The van der Waals surface area contributed by atoms with Gasteiger partial charge in [-0.1, -0.05) is 22.0 Å². The van der Waals surface area contributed by atoms with Crippen molar-refractivity contribution in [3.63, 3.8) is 0 Å². The molecule has 0 aliphatic rings. The van der Waals surface area contributed by atoms with E-state index in [0.717, 1.165) is 22.5 Å². The molecule has 6 heteroatoms. The third kappa shape index (κ3) is 2.40. The van der Waals surface area contributed by atoms with Crippen LogP contribution in [0.1, 0.15) is 22.5 Å². The number of aryl methyl sites for hydroxylation is 1. The van der Waals surface area contributed by atoms with Gasteiger partial charge in [-0.3, -0.25) is 10.1 Å². The standard InChI is InChI=1S/C13H14BrN3O2/c1-8-9(2)15-16(10(8)3)12-5-4-11(7-14)6-13(12)17(18)19/h4-6H,7H2,1-3H3. The number of nitro benzene ring substituents is 1. The quantitative estimate of drug-likeness (QED) is 0.492. The van der Waals surface area contributed by atoms with Gasteiger partial charge < -0.3 is 0 Å². The summed E-state index contributed by atoms with van der Waals surface area (Å²) in [6, 6.07) is 5.19. The summed E-state index contributed by atoms with van der Waals surface area (Å²) in [6.45, 7) is 5.78. The minimum Gasteiger partial charge on any atom is -0.258 e. The molecule has 0 unspecified atom stereocenters. The van der Waals surface area contributed by atoms with Gasteiger partial charge in [0.05, 0.1) is 10.6 Å². The summed E-state index contributed by atoms with van der Waals surface area (Å²) >= 11 is 3.31. The number of nitrogens with zero attached hydrogens (tertiary/aromatic N) is 3. The van der Waals surface area contributed by atoms with E-state index in [4.69, 9.17) is 0 Å². The van der Waals surface area contributed by atoms with Gasteiger partial charge in [-0.15, -0.1) is 0 Å². The lowest BCUT2D eigenvalue weighted by Crippen LogP contribution is -2.04. The van der Waals surface area contributed by atoms with E-state index in [1.165, 1.54) is 0 Å². The van der Waals surface area contributed by atoms with Crippen LogP contribution in [-0.2, 0) is 5.33 Å². The summed E-state index contributed by atoms with van der Waals surface area (Å²) in [5, 5.41) is 16.2. The van der Waals surface area contributed by atoms with E-state index in [2.05, 4.69) is 21.0 Å². The van der Waals surface area contributed by atoms with E-state index >= 15 is 0 Å². The number of benzene rings is 1. The molecule has 0 atom stereocenters. The average Bonchev–Trinajstić information content (AvgIpc) is 2.65. The third-order valence-corrected chi connectivity index (χ3v) is 3.92. The van der Waals surface area contributed by atoms with Crippen LogP contribution in [-0.4, -0.2) is 14.7 Å². The molecule has 0 bridgehead atoms. The fourth-order valence-corrected chi connectivity index (χ4v) is 2.28. The fraction of sp³-hybridized carbons (Fsp3) is 0.308. The molecule has 19 heavy (non-hydrogen) atoms. The first kappa shape index (κ1) is 13.7. The lowest BCUT2D eigenvalue weighted by Gasteiger charge is -2.07. The largest absolute Gasteiger partial charge is 0.295 e. The van der Waals surface area contributed by atoms with Crippen molar-refractivity contribution in [1.82, 2.24) is 9.78 Å². The Hall–Kier alpha value is -1.69. The minimum atomic E-state index is -0.368. The Bertz CT molecular complexity index is 650. The molecule has 0 aliphatic carbocycles. The average molecular weight is 324 g/mol. The lowest BCUT2D eigenvalue weighted by molar-refractivity contribution is -0.384. The van der Waals surface area contributed by atoms with E-state index in [-0.39, 0.29) is 10.6 Å².